The summed E-state index contributed by atoms with van der Waals surface area (Å²) >= 11 is 0. The second-order valence-electron chi connectivity index (χ2n) is 19.9. The van der Waals surface area contributed by atoms with Gasteiger partial charge in [0.2, 0.25) is 47.3 Å². The first-order valence-electron chi connectivity index (χ1n) is 28.3. The monoisotopic (exact) mass is 1050 g/mol. The average molecular weight is 1050 g/mol. The molecular weight excluding hydrogens is 951 g/mol. The van der Waals surface area contributed by atoms with Gasteiger partial charge in [-0.3, -0.25) is 38.4 Å². The molecule has 0 saturated carbocycles. The summed E-state index contributed by atoms with van der Waals surface area (Å²) < 4.78 is 0. The lowest BCUT2D eigenvalue weighted by molar-refractivity contribution is -0.135. The third-order valence-electron chi connectivity index (χ3n) is 13.3. The Labute approximate surface area is 442 Å². The Hall–Kier alpha value is -4.48. The van der Waals surface area contributed by atoms with E-state index in [1.165, 1.54) is 32.1 Å². The van der Waals surface area contributed by atoms with Crippen molar-refractivity contribution in [1.29, 1.82) is 0 Å². The maximum atomic E-state index is 14.4. The van der Waals surface area contributed by atoms with Crippen LogP contribution in [0.25, 0.3) is 0 Å². The third-order valence-corrected chi connectivity index (χ3v) is 13.3. The Morgan fingerprint density at radius 3 is 1.42 bits per heavy atom. The number of rotatable bonds is 37. The van der Waals surface area contributed by atoms with Crippen molar-refractivity contribution in [2.24, 2.45) is 28.7 Å². The van der Waals surface area contributed by atoms with Crippen LogP contribution in [0.1, 0.15) is 193 Å². The molecule has 0 radical (unpaired) electrons. The van der Waals surface area contributed by atoms with E-state index in [1.807, 2.05) is 0 Å². The van der Waals surface area contributed by atoms with Crippen molar-refractivity contribution in [3.05, 3.63) is 0 Å². The van der Waals surface area contributed by atoms with Gasteiger partial charge in [0.1, 0.15) is 36.3 Å². The summed E-state index contributed by atoms with van der Waals surface area (Å²) in [5.41, 5.74) is 28.9. The highest BCUT2D eigenvalue weighted by Gasteiger charge is 2.33. The lowest BCUT2D eigenvalue weighted by Crippen LogP contribution is -2.59. The van der Waals surface area contributed by atoms with Gasteiger partial charge in [0.15, 0.2) is 0 Å². The second kappa shape index (κ2) is 43.7. The van der Waals surface area contributed by atoms with Gasteiger partial charge in [-0.1, -0.05) is 64.7 Å². The summed E-state index contributed by atoms with van der Waals surface area (Å²) in [6.45, 7) is 3.66. The molecule has 22 heteroatoms. The molecule has 1 aliphatic rings. The van der Waals surface area contributed by atoms with Crippen molar-refractivity contribution in [3.8, 4) is 0 Å². The number of aliphatic hydroxyl groups is 1. The molecule has 0 aromatic heterocycles. The highest BCUT2D eigenvalue weighted by Crippen LogP contribution is 2.14. The minimum absolute atomic E-state index is 0.0662. The van der Waals surface area contributed by atoms with Crippen LogP contribution in [0.4, 0.5) is 0 Å². The van der Waals surface area contributed by atoms with Gasteiger partial charge >= 0.3 is 0 Å². The predicted molar refractivity (Wildman–Crippen MR) is 288 cm³/mol. The van der Waals surface area contributed by atoms with Gasteiger partial charge in [0.25, 0.3) is 0 Å². The Balaban J connectivity index is 3.39. The van der Waals surface area contributed by atoms with Crippen molar-refractivity contribution >= 4 is 47.3 Å². The second-order valence-corrected chi connectivity index (χ2v) is 19.9. The summed E-state index contributed by atoms with van der Waals surface area (Å²) in [6, 6.07) is -6.64. The molecule has 7 atom stereocenters. The van der Waals surface area contributed by atoms with Crippen LogP contribution in [0.2, 0.25) is 0 Å². The molecule has 8 amide bonds. The molecular formula is C52H101N13O9. The Morgan fingerprint density at radius 1 is 0.527 bits per heavy atom. The zero-order valence-electron chi connectivity index (χ0n) is 45.1. The average Bonchev–Trinajstić information content (AvgIpc) is 3.37. The molecule has 1 saturated heterocycles. The van der Waals surface area contributed by atoms with Crippen LogP contribution in [0.5, 0.6) is 0 Å². The number of hydrogen-bond donors (Lipinski definition) is 14. The zero-order valence-corrected chi connectivity index (χ0v) is 45.1. The number of unbranched alkanes of at least 4 members (excludes halogenated alkanes) is 13. The van der Waals surface area contributed by atoms with Gasteiger partial charge in [-0.2, -0.15) is 0 Å². The van der Waals surface area contributed by atoms with Gasteiger partial charge in [-0.15, -0.1) is 0 Å². The maximum Gasteiger partial charge on any atom is 0.243 e. The molecule has 0 bridgehead atoms. The number of amides is 8. The Bertz CT molecular complexity index is 1600. The number of aliphatic hydroxyl groups excluding tert-OH is 1. The molecule has 19 N–H and O–H groups in total. The minimum Gasteiger partial charge on any atom is -0.393 e. The topological polar surface area (TPSA) is 383 Å². The fraction of sp³-hybridized carbons (Fsp3) is 0.846. The number of hydrogen-bond acceptors (Lipinski definition) is 14. The van der Waals surface area contributed by atoms with Crippen LogP contribution in [0.3, 0.4) is 0 Å². The van der Waals surface area contributed by atoms with E-state index in [4.69, 9.17) is 28.7 Å². The van der Waals surface area contributed by atoms with Crippen molar-refractivity contribution in [2.45, 2.75) is 235 Å². The van der Waals surface area contributed by atoms with Crippen LogP contribution in [0.15, 0.2) is 0 Å². The molecule has 22 nitrogen and oxygen atoms in total. The zero-order chi connectivity index (χ0) is 54.8. The van der Waals surface area contributed by atoms with E-state index >= 15 is 0 Å². The first kappa shape index (κ1) is 67.5. The van der Waals surface area contributed by atoms with Crippen LogP contribution in [-0.4, -0.2) is 141 Å². The molecule has 0 aromatic carbocycles. The van der Waals surface area contributed by atoms with E-state index in [2.05, 4.69) is 49.5 Å². The van der Waals surface area contributed by atoms with Crippen molar-refractivity contribution < 1.29 is 43.5 Å². The minimum atomic E-state index is -1.22. The Kier molecular flexibility index (Phi) is 39.9. The van der Waals surface area contributed by atoms with Gasteiger partial charge in [-0.25, -0.2) is 0 Å². The molecule has 428 valence electrons. The molecule has 7 unspecified atom stereocenters. The van der Waals surface area contributed by atoms with Crippen LogP contribution in [0, 0.1) is 0 Å². The van der Waals surface area contributed by atoms with Crippen LogP contribution >= 0.6 is 0 Å². The SMILES string of the molecule is CCCCCCCCCCCC(O)CC(=O)NCC(=O)NC(CCCCN)C(=O)NC1CCCCNC(=O)C(CCCCN)NC(=O)C(CCCCN)NC(=O)C(CCCCN)NC(=O)C(CCCCN)NC1=O. The van der Waals surface area contributed by atoms with Crippen LogP contribution in [-0.2, 0) is 38.4 Å². The number of nitrogens with one attached hydrogen (secondary N) is 8. The molecule has 0 aliphatic carbocycles. The van der Waals surface area contributed by atoms with E-state index < -0.39 is 96.2 Å². The summed E-state index contributed by atoms with van der Waals surface area (Å²) in [6.07, 6.45) is 16.6. The molecule has 1 aliphatic heterocycles. The van der Waals surface area contributed by atoms with Gasteiger partial charge in [-0.05, 0) is 155 Å². The van der Waals surface area contributed by atoms with Crippen molar-refractivity contribution in [1.82, 2.24) is 42.5 Å². The first-order chi connectivity index (χ1) is 35.7. The fourth-order valence-electron chi connectivity index (χ4n) is 8.75. The predicted octanol–water partition coefficient (Wildman–Crippen LogP) is 0.628. The summed E-state index contributed by atoms with van der Waals surface area (Å²) in [5, 5.41) is 32.7. The highest BCUT2D eigenvalue weighted by molar-refractivity contribution is 5.97. The van der Waals surface area contributed by atoms with E-state index in [1.54, 1.807) is 0 Å². The number of nitrogens with two attached hydrogens (primary N) is 5. The molecule has 1 rings (SSSR count). The van der Waals surface area contributed by atoms with E-state index in [-0.39, 0.29) is 51.5 Å². The van der Waals surface area contributed by atoms with Gasteiger partial charge in [0, 0.05) is 6.54 Å². The third kappa shape index (κ3) is 32.1. The standard InChI is InChI=1S/C52H101N13O9/c1-2-3-4-5-6-7-8-9-10-23-38(66)36-45(67)59-37-46(68)60-40(25-12-18-31-54)48(70)62-44-29-16-22-35-58-47(69)39(24-11-17-30-53)61-49(71)41(26-13-19-32-55)63-50(72)42(27-14-20-33-56)64-51(73)43(65-52(44)74)28-15-21-34-57/h38-44,66H,2-37,53-57H2,1H3,(H,58,69)(H,59,67)(H,60,68)(H,61,71)(H,62,70)(H,63,72)(H,64,73)(H,65,74). The maximum absolute atomic E-state index is 14.4. The molecule has 1 heterocycles. The lowest BCUT2D eigenvalue weighted by Gasteiger charge is -2.28. The highest BCUT2D eigenvalue weighted by atomic mass is 16.3. The van der Waals surface area contributed by atoms with E-state index in [9.17, 15) is 43.5 Å². The van der Waals surface area contributed by atoms with Crippen molar-refractivity contribution in [2.75, 3.05) is 45.8 Å². The fourth-order valence-corrected chi connectivity index (χ4v) is 8.75. The van der Waals surface area contributed by atoms with Gasteiger partial charge < -0.3 is 76.3 Å². The van der Waals surface area contributed by atoms with Crippen molar-refractivity contribution in [3.63, 3.8) is 0 Å². The summed E-state index contributed by atoms with van der Waals surface area (Å²) in [7, 11) is 0. The van der Waals surface area contributed by atoms with Crippen LogP contribution < -0.4 is 71.2 Å². The summed E-state index contributed by atoms with van der Waals surface area (Å²) in [5.74, 6) is -4.81. The Morgan fingerprint density at radius 2 is 0.946 bits per heavy atom. The first-order valence-corrected chi connectivity index (χ1v) is 28.3. The molecule has 1 fully saturated rings. The normalized spacial score (nSPS) is 20.3. The van der Waals surface area contributed by atoms with Gasteiger partial charge in [0.05, 0.1) is 19.1 Å². The summed E-state index contributed by atoms with van der Waals surface area (Å²) in [4.78, 5) is 110. The number of carbonyl (C=O) groups is 8. The quantitative estimate of drug-likeness (QED) is 0.0380. The molecule has 0 spiro atoms. The largest absolute Gasteiger partial charge is 0.393 e. The molecule has 74 heavy (non-hydrogen) atoms. The van der Waals surface area contributed by atoms with E-state index in [0.717, 1.165) is 25.7 Å². The molecule has 0 aromatic rings. The number of carbonyl (C=O) groups excluding carboxylic acids is 8. The lowest BCUT2D eigenvalue weighted by atomic mass is 10.0. The smallest absolute Gasteiger partial charge is 0.243 e. The van der Waals surface area contributed by atoms with E-state index in [0.29, 0.717) is 116 Å².